The van der Waals surface area contributed by atoms with Gasteiger partial charge in [-0.15, -0.1) is 0 Å². The molecular formula is C22H20N2O4S. The van der Waals surface area contributed by atoms with E-state index < -0.39 is 22.0 Å². The van der Waals surface area contributed by atoms with Crippen LogP contribution >= 0.6 is 0 Å². The van der Waals surface area contributed by atoms with Gasteiger partial charge in [-0.1, -0.05) is 42.5 Å². The molecule has 6 nitrogen and oxygen atoms in total. The molecule has 4 rings (SSSR count). The topological polar surface area (TPSA) is 75.7 Å². The Morgan fingerprint density at radius 2 is 1.72 bits per heavy atom. The predicted octanol–water partition coefficient (Wildman–Crippen LogP) is 3.59. The largest absolute Gasteiger partial charge is 0.476 e. The minimum Gasteiger partial charge on any atom is -0.476 e. The van der Waals surface area contributed by atoms with Gasteiger partial charge in [-0.05, 0) is 48.9 Å². The zero-order chi connectivity index (χ0) is 20.4. The molecule has 29 heavy (non-hydrogen) atoms. The van der Waals surface area contributed by atoms with Crippen molar-refractivity contribution in [2.45, 2.75) is 17.9 Å². The summed E-state index contributed by atoms with van der Waals surface area (Å²) in [6.07, 6.45) is -0.983. The Kier molecular flexibility index (Phi) is 4.98. The van der Waals surface area contributed by atoms with Gasteiger partial charge in [-0.3, -0.25) is 9.10 Å². The standard InChI is InChI=1S/C22H20N2O4S/c1-16-8-7-9-17(14-16)23-22(25)21-15-24(19-12-5-6-13-20(19)28-21)29(26,27)18-10-3-2-4-11-18/h2-14,21H,15H2,1H3,(H,23,25). The lowest BCUT2D eigenvalue weighted by Crippen LogP contribution is -2.48. The van der Waals surface area contributed by atoms with E-state index >= 15 is 0 Å². The molecule has 1 N–H and O–H groups in total. The number of sulfonamides is 1. The third kappa shape index (κ3) is 3.82. The molecule has 3 aromatic carbocycles. The second-order valence-corrected chi connectivity index (χ2v) is 8.64. The number of ether oxygens (including phenoxy) is 1. The van der Waals surface area contributed by atoms with Crippen molar-refractivity contribution in [2.24, 2.45) is 0 Å². The van der Waals surface area contributed by atoms with E-state index in [1.807, 2.05) is 25.1 Å². The number of amides is 1. The SMILES string of the molecule is Cc1cccc(NC(=O)C2CN(S(=O)(=O)c3ccccc3)c3ccccc3O2)c1. The molecule has 1 amide bonds. The molecule has 1 aliphatic heterocycles. The summed E-state index contributed by atoms with van der Waals surface area (Å²) in [4.78, 5) is 13.0. The van der Waals surface area contributed by atoms with E-state index in [4.69, 9.17) is 4.74 Å². The monoisotopic (exact) mass is 408 g/mol. The first-order valence-electron chi connectivity index (χ1n) is 9.16. The number of rotatable bonds is 4. The lowest BCUT2D eigenvalue weighted by molar-refractivity contribution is -0.122. The third-order valence-corrected chi connectivity index (χ3v) is 6.44. The molecule has 1 unspecified atom stereocenters. The zero-order valence-electron chi connectivity index (χ0n) is 15.8. The van der Waals surface area contributed by atoms with Gasteiger partial charge in [0, 0.05) is 5.69 Å². The highest BCUT2D eigenvalue weighted by atomic mass is 32.2. The summed E-state index contributed by atoms with van der Waals surface area (Å²) in [5.74, 6) is -0.0546. The van der Waals surface area contributed by atoms with Crippen molar-refractivity contribution in [3.05, 3.63) is 84.4 Å². The first kappa shape index (κ1) is 19.0. The van der Waals surface area contributed by atoms with Crippen molar-refractivity contribution in [3.8, 4) is 5.75 Å². The van der Waals surface area contributed by atoms with E-state index in [0.29, 0.717) is 17.1 Å². The molecule has 0 fully saturated rings. The molecule has 3 aromatic rings. The van der Waals surface area contributed by atoms with Gasteiger partial charge in [0.05, 0.1) is 17.1 Å². The molecule has 1 aliphatic rings. The number of benzene rings is 3. The van der Waals surface area contributed by atoms with Crippen LogP contribution in [0.2, 0.25) is 0 Å². The number of carbonyl (C=O) groups excluding carboxylic acids is 1. The van der Waals surface area contributed by atoms with Gasteiger partial charge in [0.15, 0.2) is 6.10 Å². The lowest BCUT2D eigenvalue weighted by Gasteiger charge is -2.34. The minimum absolute atomic E-state index is 0.119. The van der Waals surface area contributed by atoms with Crippen LogP contribution < -0.4 is 14.4 Å². The highest BCUT2D eigenvalue weighted by Gasteiger charge is 2.37. The van der Waals surface area contributed by atoms with Gasteiger partial charge in [0.2, 0.25) is 0 Å². The van der Waals surface area contributed by atoms with Gasteiger partial charge < -0.3 is 10.1 Å². The Morgan fingerprint density at radius 1 is 1.00 bits per heavy atom. The van der Waals surface area contributed by atoms with Gasteiger partial charge >= 0.3 is 0 Å². The Balaban J connectivity index is 1.67. The van der Waals surface area contributed by atoms with Gasteiger partial charge in [-0.2, -0.15) is 0 Å². The van der Waals surface area contributed by atoms with Crippen LogP contribution in [0.25, 0.3) is 0 Å². The first-order chi connectivity index (χ1) is 13.9. The van der Waals surface area contributed by atoms with E-state index in [-0.39, 0.29) is 11.4 Å². The quantitative estimate of drug-likeness (QED) is 0.716. The Morgan fingerprint density at radius 3 is 2.48 bits per heavy atom. The van der Waals surface area contributed by atoms with Crippen molar-refractivity contribution in [1.29, 1.82) is 0 Å². The van der Waals surface area contributed by atoms with Crippen molar-refractivity contribution in [1.82, 2.24) is 0 Å². The van der Waals surface area contributed by atoms with Crippen molar-refractivity contribution in [2.75, 3.05) is 16.2 Å². The molecule has 7 heteroatoms. The maximum absolute atomic E-state index is 13.3. The third-order valence-electron chi connectivity index (χ3n) is 4.64. The molecule has 0 saturated carbocycles. The van der Waals surface area contributed by atoms with Crippen LogP contribution in [0, 0.1) is 6.92 Å². The maximum atomic E-state index is 13.3. The second kappa shape index (κ2) is 7.60. The van der Waals surface area contributed by atoms with Crippen molar-refractivity contribution < 1.29 is 17.9 Å². The summed E-state index contributed by atoms with van der Waals surface area (Å²) in [7, 11) is -3.85. The van der Waals surface area contributed by atoms with Crippen LogP contribution in [0.5, 0.6) is 5.75 Å². The van der Waals surface area contributed by atoms with E-state index in [1.54, 1.807) is 48.5 Å². The highest BCUT2D eigenvalue weighted by Crippen LogP contribution is 2.36. The Bertz CT molecular complexity index is 1150. The van der Waals surface area contributed by atoms with E-state index in [1.165, 1.54) is 16.4 Å². The fourth-order valence-corrected chi connectivity index (χ4v) is 4.73. The normalized spacial score (nSPS) is 15.9. The number of hydrogen-bond acceptors (Lipinski definition) is 4. The predicted molar refractivity (Wildman–Crippen MR) is 112 cm³/mol. The Hall–Kier alpha value is -3.32. The number of nitrogens with one attached hydrogen (secondary N) is 1. The van der Waals surface area contributed by atoms with E-state index in [2.05, 4.69) is 5.32 Å². The van der Waals surface area contributed by atoms with Crippen molar-refractivity contribution >= 4 is 27.3 Å². The summed E-state index contributed by atoms with van der Waals surface area (Å²) < 4.78 is 33.6. The maximum Gasteiger partial charge on any atom is 0.267 e. The molecule has 0 aliphatic carbocycles. The van der Waals surface area contributed by atoms with Crippen LogP contribution in [0.15, 0.2) is 83.8 Å². The fourth-order valence-electron chi connectivity index (χ4n) is 3.23. The fraction of sp³-hybridized carbons (Fsp3) is 0.136. The average molecular weight is 408 g/mol. The molecule has 0 saturated heterocycles. The summed E-state index contributed by atoms with van der Waals surface area (Å²) in [5, 5.41) is 2.81. The molecule has 0 radical (unpaired) electrons. The summed E-state index contributed by atoms with van der Waals surface area (Å²) in [5.41, 5.74) is 2.05. The van der Waals surface area contributed by atoms with Crippen LogP contribution in [-0.2, 0) is 14.8 Å². The lowest BCUT2D eigenvalue weighted by atomic mass is 10.2. The van der Waals surface area contributed by atoms with Crippen LogP contribution in [-0.4, -0.2) is 27.0 Å². The molecular weight excluding hydrogens is 388 g/mol. The number of para-hydroxylation sites is 2. The molecule has 0 spiro atoms. The van der Waals surface area contributed by atoms with Gasteiger partial charge in [0.1, 0.15) is 5.75 Å². The number of anilines is 2. The number of hydrogen-bond donors (Lipinski definition) is 1. The Labute approximate surface area is 169 Å². The zero-order valence-corrected chi connectivity index (χ0v) is 16.6. The van der Waals surface area contributed by atoms with Crippen LogP contribution in [0.4, 0.5) is 11.4 Å². The molecule has 1 heterocycles. The van der Waals surface area contributed by atoms with Crippen LogP contribution in [0.1, 0.15) is 5.56 Å². The average Bonchev–Trinajstić information content (AvgIpc) is 2.73. The molecule has 0 aromatic heterocycles. The number of fused-ring (bicyclic) bond motifs is 1. The highest BCUT2D eigenvalue weighted by molar-refractivity contribution is 7.92. The minimum atomic E-state index is -3.85. The molecule has 1 atom stereocenters. The smallest absolute Gasteiger partial charge is 0.267 e. The number of nitrogens with zero attached hydrogens (tertiary/aromatic N) is 1. The first-order valence-corrected chi connectivity index (χ1v) is 10.6. The van der Waals surface area contributed by atoms with E-state index in [0.717, 1.165) is 5.56 Å². The number of carbonyl (C=O) groups is 1. The van der Waals surface area contributed by atoms with Crippen molar-refractivity contribution in [3.63, 3.8) is 0 Å². The molecule has 0 bridgehead atoms. The van der Waals surface area contributed by atoms with E-state index in [9.17, 15) is 13.2 Å². The summed E-state index contributed by atoms with van der Waals surface area (Å²) in [6, 6.07) is 22.4. The number of aryl methyl sites for hydroxylation is 1. The summed E-state index contributed by atoms with van der Waals surface area (Å²) >= 11 is 0. The van der Waals surface area contributed by atoms with Gasteiger partial charge in [-0.25, -0.2) is 8.42 Å². The second-order valence-electron chi connectivity index (χ2n) is 6.78. The van der Waals surface area contributed by atoms with Gasteiger partial charge in [0.25, 0.3) is 15.9 Å². The molecule has 148 valence electrons. The summed E-state index contributed by atoms with van der Waals surface area (Å²) in [6.45, 7) is 1.81. The van der Waals surface area contributed by atoms with Crippen LogP contribution in [0.3, 0.4) is 0 Å².